The van der Waals surface area contributed by atoms with Gasteiger partial charge in [-0.15, -0.1) is 0 Å². The minimum absolute atomic E-state index is 0.0902. The summed E-state index contributed by atoms with van der Waals surface area (Å²) in [5.74, 6) is -0.688. The predicted octanol–water partition coefficient (Wildman–Crippen LogP) is 3.58. The number of hydrogen-bond donors (Lipinski definition) is 2. The van der Waals surface area contributed by atoms with Crippen molar-refractivity contribution in [3.63, 3.8) is 0 Å². The summed E-state index contributed by atoms with van der Waals surface area (Å²) in [6.07, 6.45) is 0. The summed E-state index contributed by atoms with van der Waals surface area (Å²) in [5.41, 5.74) is 3.73. The van der Waals surface area contributed by atoms with E-state index in [0.29, 0.717) is 0 Å². The van der Waals surface area contributed by atoms with Crippen LogP contribution >= 0.6 is 0 Å². The Labute approximate surface area is 165 Å². The van der Waals surface area contributed by atoms with Gasteiger partial charge in [-0.2, -0.15) is 0 Å². The standard InChI is InChI=1S/C22H28FN3O2/c1-14-7-6-8-20(15(14)2)25-21(27)13-26(5)17(4)22(28)24-16(3)18-9-11-19(23)12-10-18/h6-12,16-17H,13H2,1-5H3,(H,24,28)(H,25,27). The number of halogens is 1. The van der Waals surface area contributed by atoms with E-state index in [0.717, 1.165) is 22.4 Å². The van der Waals surface area contributed by atoms with Crippen LogP contribution < -0.4 is 10.6 Å². The Morgan fingerprint density at radius 2 is 1.71 bits per heavy atom. The van der Waals surface area contributed by atoms with Crippen molar-refractivity contribution < 1.29 is 14.0 Å². The zero-order valence-corrected chi connectivity index (χ0v) is 17.0. The molecule has 2 atom stereocenters. The lowest BCUT2D eigenvalue weighted by Gasteiger charge is -2.25. The topological polar surface area (TPSA) is 61.4 Å². The summed E-state index contributed by atoms with van der Waals surface area (Å²) in [6, 6.07) is 11.0. The number of carbonyl (C=O) groups excluding carboxylic acids is 2. The zero-order valence-electron chi connectivity index (χ0n) is 17.0. The maximum Gasteiger partial charge on any atom is 0.238 e. The minimum atomic E-state index is -0.493. The van der Waals surface area contributed by atoms with Crippen LogP contribution in [0.5, 0.6) is 0 Å². The van der Waals surface area contributed by atoms with Gasteiger partial charge in [0.25, 0.3) is 0 Å². The first-order valence-electron chi connectivity index (χ1n) is 9.31. The van der Waals surface area contributed by atoms with Gasteiger partial charge in [-0.1, -0.05) is 24.3 Å². The molecule has 0 aliphatic carbocycles. The molecule has 2 aromatic carbocycles. The first-order chi connectivity index (χ1) is 13.2. The van der Waals surface area contributed by atoms with E-state index in [4.69, 9.17) is 0 Å². The van der Waals surface area contributed by atoms with E-state index >= 15 is 0 Å². The van der Waals surface area contributed by atoms with E-state index in [9.17, 15) is 14.0 Å². The van der Waals surface area contributed by atoms with Gasteiger partial charge in [0.15, 0.2) is 0 Å². The van der Waals surface area contributed by atoms with Crippen molar-refractivity contribution in [2.45, 2.75) is 39.8 Å². The molecule has 0 heterocycles. The number of benzene rings is 2. The fourth-order valence-electron chi connectivity index (χ4n) is 2.81. The summed E-state index contributed by atoms with van der Waals surface area (Å²) < 4.78 is 13.0. The number of anilines is 1. The molecule has 0 spiro atoms. The van der Waals surface area contributed by atoms with Gasteiger partial charge in [-0.3, -0.25) is 14.5 Å². The number of hydrogen-bond acceptors (Lipinski definition) is 3. The van der Waals surface area contributed by atoms with Gasteiger partial charge in [0, 0.05) is 5.69 Å². The van der Waals surface area contributed by atoms with E-state index in [1.54, 1.807) is 31.0 Å². The third kappa shape index (κ3) is 5.63. The van der Waals surface area contributed by atoms with Crippen molar-refractivity contribution in [3.8, 4) is 0 Å². The summed E-state index contributed by atoms with van der Waals surface area (Å²) in [4.78, 5) is 26.6. The molecule has 28 heavy (non-hydrogen) atoms. The van der Waals surface area contributed by atoms with Crippen LogP contribution in [0.25, 0.3) is 0 Å². The third-order valence-corrected chi connectivity index (χ3v) is 5.04. The maximum atomic E-state index is 13.0. The largest absolute Gasteiger partial charge is 0.348 e. The van der Waals surface area contributed by atoms with Crippen LogP contribution in [0.2, 0.25) is 0 Å². The first kappa shape index (κ1) is 21.6. The zero-order chi connectivity index (χ0) is 20.8. The summed E-state index contributed by atoms with van der Waals surface area (Å²) in [6.45, 7) is 7.63. The Morgan fingerprint density at radius 3 is 2.36 bits per heavy atom. The number of rotatable bonds is 7. The van der Waals surface area contributed by atoms with Crippen molar-refractivity contribution in [2.24, 2.45) is 0 Å². The number of carbonyl (C=O) groups is 2. The molecule has 0 fully saturated rings. The first-order valence-corrected chi connectivity index (χ1v) is 9.31. The molecule has 2 unspecified atom stereocenters. The molecule has 2 amide bonds. The molecule has 0 aliphatic heterocycles. The Balaban J connectivity index is 1.90. The quantitative estimate of drug-likeness (QED) is 0.766. The molecule has 2 aromatic rings. The molecule has 0 saturated carbocycles. The molecule has 0 bridgehead atoms. The molecular weight excluding hydrogens is 357 g/mol. The summed E-state index contributed by atoms with van der Waals surface area (Å²) >= 11 is 0. The molecule has 6 heteroatoms. The van der Waals surface area contributed by atoms with Crippen LogP contribution in [0.1, 0.15) is 36.6 Å². The fraction of sp³-hybridized carbons (Fsp3) is 0.364. The van der Waals surface area contributed by atoms with Crippen molar-refractivity contribution in [2.75, 3.05) is 18.9 Å². The highest BCUT2D eigenvalue weighted by molar-refractivity contribution is 5.93. The number of nitrogens with zero attached hydrogens (tertiary/aromatic N) is 1. The Bertz CT molecular complexity index is 836. The van der Waals surface area contributed by atoms with Gasteiger partial charge in [0.05, 0.1) is 18.6 Å². The molecule has 0 radical (unpaired) electrons. The molecular formula is C22H28FN3O2. The second kappa shape index (κ2) is 9.46. The van der Waals surface area contributed by atoms with Crippen LogP contribution in [0, 0.1) is 19.7 Å². The lowest BCUT2D eigenvalue weighted by atomic mass is 10.1. The second-order valence-corrected chi connectivity index (χ2v) is 7.17. The van der Waals surface area contributed by atoms with E-state index < -0.39 is 6.04 Å². The van der Waals surface area contributed by atoms with Crippen LogP contribution in [0.3, 0.4) is 0 Å². The summed E-state index contributed by atoms with van der Waals surface area (Å²) in [7, 11) is 1.73. The summed E-state index contributed by atoms with van der Waals surface area (Å²) in [5, 5.41) is 5.80. The number of aryl methyl sites for hydroxylation is 1. The average molecular weight is 385 g/mol. The maximum absolute atomic E-state index is 13.0. The Morgan fingerprint density at radius 1 is 1.07 bits per heavy atom. The SMILES string of the molecule is Cc1cccc(NC(=O)CN(C)C(C)C(=O)NC(C)c2ccc(F)cc2)c1C. The van der Waals surface area contributed by atoms with E-state index in [1.165, 1.54) is 12.1 Å². The van der Waals surface area contributed by atoms with Gasteiger partial charge in [-0.05, 0) is 69.6 Å². The third-order valence-electron chi connectivity index (χ3n) is 5.04. The second-order valence-electron chi connectivity index (χ2n) is 7.17. The normalized spacial score (nSPS) is 13.1. The molecule has 150 valence electrons. The number of likely N-dealkylation sites (N-methyl/N-ethyl adjacent to an activating group) is 1. The average Bonchev–Trinajstić information content (AvgIpc) is 2.65. The van der Waals surface area contributed by atoms with Gasteiger partial charge < -0.3 is 10.6 Å². The van der Waals surface area contributed by atoms with Crippen LogP contribution in [0.4, 0.5) is 10.1 Å². The molecule has 2 N–H and O–H groups in total. The smallest absolute Gasteiger partial charge is 0.238 e. The lowest BCUT2D eigenvalue weighted by molar-refractivity contribution is -0.127. The molecule has 2 rings (SSSR count). The molecule has 0 saturated heterocycles. The molecule has 0 aliphatic rings. The Kier molecular flexibility index (Phi) is 7.29. The van der Waals surface area contributed by atoms with E-state index in [1.807, 2.05) is 39.0 Å². The van der Waals surface area contributed by atoms with Crippen LogP contribution in [-0.2, 0) is 9.59 Å². The van der Waals surface area contributed by atoms with Crippen molar-refractivity contribution >= 4 is 17.5 Å². The van der Waals surface area contributed by atoms with E-state index in [2.05, 4.69) is 10.6 Å². The highest BCUT2D eigenvalue weighted by Gasteiger charge is 2.22. The van der Waals surface area contributed by atoms with Gasteiger partial charge in [-0.25, -0.2) is 4.39 Å². The van der Waals surface area contributed by atoms with Gasteiger partial charge in [0.1, 0.15) is 5.82 Å². The van der Waals surface area contributed by atoms with Crippen molar-refractivity contribution in [1.82, 2.24) is 10.2 Å². The Hall–Kier alpha value is -2.73. The lowest BCUT2D eigenvalue weighted by Crippen LogP contribution is -2.46. The number of nitrogens with one attached hydrogen (secondary N) is 2. The molecule has 0 aromatic heterocycles. The van der Waals surface area contributed by atoms with Gasteiger partial charge >= 0.3 is 0 Å². The van der Waals surface area contributed by atoms with Crippen molar-refractivity contribution in [1.29, 1.82) is 0 Å². The van der Waals surface area contributed by atoms with Crippen LogP contribution in [-0.4, -0.2) is 36.3 Å². The van der Waals surface area contributed by atoms with Crippen LogP contribution in [0.15, 0.2) is 42.5 Å². The van der Waals surface area contributed by atoms with Crippen molar-refractivity contribution in [3.05, 3.63) is 65.0 Å². The van der Waals surface area contributed by atoms with Gasteiger partial charge in [0.2, 0.25) is 11.8 Å². The predicted molar refractivity (Wildman–Crippen MR) is 110 cm³/mol. The monoisotopic (exact) mass is 385 g/mol. The highest BCUT2D eigenvalue weighted by Crippen LogP contribution is 2.18. The number of amides is 2. The highest BCUT2D eigenvalue weighted by atomic mass is 19.1. The fourth-order valence-corrected chi connectivity index (χ4v) is 2.81. The van der Waals surface area contributed by atoms with E-state index in [-0.39, 0.29) is 30.2 Å². The minimum Gasteiger partial charge on any atom is -0.348 e. The molecule has 5 nitrogen and oxygen atoms in total.